The number of ether oxygens (including phenoxy) is 2. The van der Waals surface area contributed by atoms with Crippen molar-refractivity contribution in [2.24, 2.45) is 5.92 Å². The van der Waals surface area contributed by atoms with Gasteiger partial charge in [-0.05, 0) is 18.8 Å². The summed E-state index contributed by atoms with van der Waals surface area (Å²) in [5.41, 5.74) is 0. The molecule has 1 atom stereocenters. The Balaban J connectivity index is 2.36. The van der Waals surface area contributed by atoms with E-state index in [1.165, 1.54) is 64.2 Å². The van der Waals surface area contributed by atoms with Gasteiger partial charge in [-0.15, -0.1) is 0 Å². The fourth-order valence-corrected chi connectivity index (χ4v) is 3.29. The van der Waals surface area contributed by atoms with Crippen LogP contribution in [0.4, 0.5) is 0 Å². The van der Waals surface area contributed by atoms with Gasteiger partial charge in [0.2, 0.25) is 0 Å². The van der Waals surface area contributed by atoms with E-state index in [1.807, 2.05) is 0 Å². The number of hydrogen-bond donors (Lipinski definition) is 0. The monoisotopic (exact) mass is 312 g/mol. The molecule has 1 unspecified atom stereocenters. The summed E-state index contributed by atoms with van der Waals surface area (Å²) < 4.78 is 12.6. The Bertz CT molecular complexity index is 248. The van der Waals surface area contributed by atoms with Crippen molar-refractivity contribution in [2.45, 2.75) is 117 Å². The molecular weight excluding hydrogens is 272 g/mol. The van der Waals surface area contributed by atoms with Gasteiger partial charge in [-0.2, -0.15) is 0 Å². The summed E-state index contributed by atoms with van der Waals surface area (Å²) in [5, 5.41) is 0. The molecule has 0 bridgehead atoms. The zero-order chi connectivity index (χ0) is 16.3. The van der Waals surface area contributed by atoms with Crippen molar-refractivity contribution >= 4 is 0 Å². The van der Waals surface area contributed by atoms with Crippen molar-refractivity contribution < 1.29 is 9.47 Å². The minimum absolute atomic E-state index is 0.257. The first-order valence-electron chi connectivity index (χ1n) is 9.95. The topological polar surface area (TPSA) is 18.5 Å². The SMILES string of the molecule is CCCCCCCC1(CCCCCCC)OCC(C(C)C)O1. The van der Waals surface area contributed by atoms with Gasteiger partial charge in [0.15, 0.2) is 5.79 Å². The second-order valence-electron chi connectivity index (χ2n) is 7.45. The lowest BCUT2D eigenvalue weighted by Gasteiger charge is -2.29. The second-order valence-corrected chi connectivity index (χ2v) is 7.45. The molecule has 0 spiro atoms. The van der Waals surface area contributed by atoms with Gasteiger partial charge in [0, 0.05) is 12.8 Å². The zero-order valence-corrected chi connectivity index (χ0v) is 15.7. The first kappa shape index (κ1) is 20.0. The summed E-state index contributed by atoms with van der Waals surface area (Å²) in [6, 6.07) is 0. The molecule has 132 valence electrons. The second kappa shape index (κ2) is 11.5. The molecule has 0 amide bonds. The van der Waals surface area contributed by atoms with Gasteiger partial charge >= 0.3 is 0 Å². The third-order valence-electron chi connectivity index (χ3n) is 4.94. The minimum Gasteiger partial charge on any atom is -0.347 e. The fraction of sp³-hybridized carbons (Fsp3) is 1.00. The van der Waals surface area contributed by atoms with Crippen LogP contribution in [0.5, 0.6) is 0 Å². The van der Waals surface area contributed by atoms with E-state index < -0.39 is 0 Å². The van der Waals surface area contributed by atoms with Crippen LogP contribution in [0.25, 0.3) is 0 Å². The summed E-state index contributed by atoms with van der Waals surface area (Å²) >= 11 is 0. The summed E-state index contributed by atoms with van der Waals surface area (Å²) in [5.74, 6) is 0.301. The van der Waals surface area contributed by atoms with E-state index in [0.717, 1.165) is 19.4 Å². The molecular formula is C20H40O2. The van der Waals surface area contributed by atoms with Crippen LogP contribution in [0, 0.1) is 5.92 Å². The van der Waals surface area contributed by atoms with Crippen molar-refractivity contribution in [3.63, 3.8) is 0 Å². The summed E-state index contributed by atoms with van der Waals surface area (Å²) in [6.07, 6.45) is 15.7. The van der Waals surface area contributed by atoms with Gasteiger partial charge in [0.05, 0.1) is 12.7 Å². The third kappa shape index (κ3) is 7.46. The predicted molar refractivity (Wildman–Crippen MR) is 95.1 cm³/mol. The van der Waals surface area contributed by atoms with Crippen molar-refractivity contribution in [3.8, 4) is 0 Å². The number of rotatable bonds is 13. The Kier molecular flexibility index (Phi) is 10.4. The van der Waals surface area contributed by atoms with E-state index in [0.29, 0.717) is 12.0 Å². The minimum atomic E-state index is -0.257. The van der Waals surface area contributed by atoms with Gasteiger partial charge in [0.1, 0.15) is 0 Å². The van der Waals surface area contributed by atoms with Crippen LogP contribution in [-0.4, -0.2) is 18.5 Å². The lowest BCUT2D eigenvalue weighted by atomic mass is 9.99. The number of unbranched alkanes of at least 4 members (excludes halogenated alkanes) is 8. The normalized spacial score (nSPS) is 20.9. The van der Waals surface area contributed by atoms with E-state index in [-0.39, 0.29) is 5.79 Å². The molecule has 2 heteroatoms. The Morgan fingerprint density at radius 3 is 1.73 bits per heavy atom. The molecule has 0 aromatic heterocycles. The van der Waals surface area contributed by atoms with Crippen molar-refractivity contribution in [3.05, 3.63) is 0 Å². The zero-order valence-electron chi connectivity index (χ0n) is 15.7. The van der Waals surface area contributed by atoms with E-state index in [1.54, 1.807) is 0 Å². The summed E-state index contributed by atoms with van der Waals surface area (Å²) in [7, 11) is 0. The molecule has 1 saturated heterocycles. The van der Waals surface area contributed by atoms with Crippen LogP contribution in [0.1, 0.15) is 105 Å². The van der Waals surface area contributed by atoms with E-state index in [4.69, 9.17) is 9.47 Å². The third-order valence-corrected chi connectivity index (χ3v) is 4.94. The van der Waals surface area contributed by atoms with Crippen LogP contribution in [0.15, 0.2) is 0 Å². The van der Waals surface area contributed by atoms with E-state index in [2.05, 4.69) is 27.7 Å². The van der Waals surface area contributed by atoms with E-state index >= 15 is 0 Å². The molecule has 0 aromatic carbocycles. The van der Waals surface area contributed by atoms with Crippen molar-refractivity contribution in [1.82, 2.24) is 0 Å². The highest BCUT2D eigenvalue weighted by Gasteiger charge is 2.41. The fourth-order valence-electron chi connectivity index (χ4n) is 3.29. The van der Waals surface area contributed by atoms with Crippen LogP contribution in [-0.2, 0) is 9.47 Å². The van der Waals surface area contributed by atoms with Crippen LogP contribution in [0.2, 0.25) is 0 Å². The van der Waals surface area contributed by atoms with Gasteiger partial charge < -0.3 is 9.47 Å². The van der Waals surface area contributed by atoms with Gasteiger partial charge in [0.25, 0.3) is 0 Å². The molecule has 0 saturated carbocycles. The van der Waals surface area contributed by atoms with Gasteiger partial charge in [-0.25, -0.2) is 0 Å². The molecule has 1 aliphatic heterocycles. The molecule has 22 heavy (non-hydrogen) atoms. The van der Waals surface area contributed by atoms with Crippen LogP contribution >= 0.6 is 0 Å². The predicted octanol–water partition coefficient (Wildman–Crippen LogP) is 6.48. The first-order valence-corrected chi connectivity index (χ1v) is 9.95. The Morgan fingerprint density at radius 1 is 0.818 bits per heavy atom. The largest absolute Gasteiger partial charge is 0.347 e. The molecule has 0 aromatic rings. The molecule has 1 heterocycles. The molecule has 1 rings (SSSR count). The molecule has 1 aliphatic rings. The average Bonchev–Trinajstić information content (AvgIpc) is 2.92. The average molecular weight is 313 g/mol. The Hall–Kier alpha value is -0.0800. The number of hydrogen-bond acceptors (Lipinski definition) is 2. The van der Waals surface area contributed by atoms with Crippen LogP contribution in [0.3, 0.4) is 0 Å². The lowest BCUT2D eigenvalue weighted by molar-refractivity contribution is -0.183. The van der Waals surface area contributed by atoms with Crippen molar-refractivity contribution in [2.75, 3.05) is 6.61 Å². The van der Waals surface area contributed by atoms with Crippen molar-refractivity contribution in [1.29, 1.82) is 0 Å². The maximum Gasteiger partial charge on any atom is 0.168 e. The summed E-state index contributed by atoms with van der Waals surface area (Å²) in [6.45, 7) is 9.82. The Labute approximate surface area is 139 Å². The highest BCUT2D eigenvalue weighted by atomic mass is 16.7. The standard InChI is InChI=1S/C20H40O2/c1-5-7-9-11-13-15-20(16-14-12-10-8-6-2)21-17-19(22-20)18(3)4/h18-19H,5-17H2,1-4H3. The highest BCUT2D eigenvalue weighted by molar-refractivity contribution is 4.81. The van der Waals surface area contributed by atoms with Gasteiger partial charge in [-0.3, -0.25) is 0 Å². The van der Waals surface area contributed by atoms with Gasteiger partial charge in [-0.1, -0.05) is 79.1 Å². The molecule has 0 N–H and O–H groups in total. The molecule has 0 aliphatic carbocycles. The molecule has 1 fully saturated rings. The first-order chi connectivity index (χ1) is 10.6. The van der Waals surface area contributed by atoms with E-state index in [9.17, 15) is 0 Å². The van der Waals surface area contributed by atoms with Crippen LogP contribution < -0.4 is 0 Å². The highest BCUT2D eigenvalue weighted by Crippen LogP contribution is 2.36. The maximum absolute atomic E-state index is 6.40. The Morgan fingerprint density at radius 2 is 1.32 bits per heavy atom. The maximum atomic E-state index is 6.40. The molecule has 0 radical (unpaired) electrons. The quantitative estimate of drug-likeness (QED) is 0.363. The smallest absolute Gasteiger partial charge is 0.168 e. The molecule has 2 nitrogen and oxygen atoms in total. The lowest BCUT2D eigenvalue weighted by Crippen LogP contribution is -2.32. The summed E-state index contributed by atoms with van der Waals surface area (Å²) in [4.78, 5) is 0.